The number of esters is 4. The van der Waals surface area contributed by atoms with Crippen LogP contribution in [0.5, 0.6) is 34.5 Å². The zero-order chi connectivity index (χ0) is 55.4. The Kier molecular flexibility index (Phi) is 29.8. The van der Waals surface area contributed by atoms with Gasteiger partial charge in [0.05, 0.1) is 35.5 Å². The van der Waals surface area contributed by atoms with E-state index < -0.39 is 35.5 Å². The maximum absolute atomic E-state index is 14.9. The Hall–Kier alpha value is -6.56. The van der Waals surface area contributed by atoms with Gasteiger partial charge in [0, 0.05) is 6.07 Å². The highest BCUT2D eigenvalue weighted by molar-refractivity contribution is 5.94. The van der Waals surface area contributed by atoms with Crippen LogP contribution in [0, 0.1) is 11.6 Å². The van der Waals surface area contributed by atoms with Gasteiger partial charge in [-0.05, 0) is 110 Å². The monoisotopic (exact) mass is 1070 g/mol. The summed E-state index contributed by atoms with van der Waals surface area (Å²) < 4.78 is 62.9. The first-order valence-electron chi connectivity index (χ1n) is 29.2. The summed E-state index contributed by atoms with van der Waals surface area (Å²) in [7, 11) is 0. The summed E-state index contributed by atoms with van der Waals surface area (Å²) in [6, 6.07) is 25.1. The summed E-state index contributed by atoms with van der Waals surface area (Å²) in [5.41, 5.74) is 0.299. The molecule has 0 aliphatic heterocycles. The molecular formula is C66H84F2O10. The lowest BCUT2D eigenvalue weighted by Crippen LogP contribution is -2.11. The lowest BCUT2D eigenvalue weighted by Gasteiger charge is -2.10. The smallest absolute Gasteiger partial charge is 0.343 e. The standard InChI is InChI=1S/C66H84F2O10/c1-3-5-7-9-11-13-15-17-19-21-23-25-27-29-46-73-61-44-38-53(48-59(61)67)65(71)75-55-40-34-51(35-41-55)63(69)77-57-32-31-33-58(50-57)78-64(70)52-36-42-56(43-37-52)76-66(72)54-39-45-62(60(68)49-54)74-47-30-28-26-24-22-20-18-16-14-12-10-8-6-4-2/h31-45,48-50H,3-30,46-47H2,1-2H3. The third-order valence-electron chi connectivity index (χ3n) is 13.7. The number of carbonyl (C=O) groups is 4. The minimum Gasteiger partial charge on any atom is -0.491 e. The fourth-order valence-electron chi connectivity index (χ4n) is 9.03. The molecule has 0 spiro atoms. The topological polar surface area (TPSA) is 124 Å². The summed E-state index contributed by atoms with van der Waals surface area (Å²) in [5.74, 6) is -3.72. The van der Waals surface area contributed by atoms with Crippen molar-refractivity contribution in [1.82, 2.24) is 0 Å². The number of benzene rings is 5. The van der Waals surface area contributed by atoms with Gasteiger partial charge >= 0.3 is 23.9 Å². The van der Waals surface area contributed by atoms with Gasteiger partial charge in [0.1, 0.15) is 23.0 Å². The molecule has 422 valence electrons. The van der Waals surface area contributed by atoms with E-state index in [4.69, 9.17) is 28.4 Å². The van der Waals surface area contributed by atoms with Crippen molar-refractivity contribution in [2.24, 2.45) is 0 Å². The zero-order valence-corrected chi connectivity index (χ0v) is 46.4. The molecule has 0 radical (unpaired) electrons. The van der Waals surface area contributed by atoms with Crippen LogP contribution in [0.1, 0.15) is 235 Å². The van der Waals surface area contributed by atoms with Crippen LogP contribution in [-0.4, -0.2) is 37.1 Å². The number of halogens is 2. The summed E-state index contributed by atoms with van der Waals surface area (Å²) in [5, 5.41) is 0. The molecule has 0 N–H and O–H groups in total. The lowest BCUT2D eigenvalue weighted by atomic mass is 10.0. The van der Waals surface area contributed by atoms with E-state index in [0.29, 0.717) is 13.2 Å². The van der Waals surface area contributed by atoms with E-state index in [0.717, 1.165) is 50.7 Å². The number of hydrogen-bond acceptors (Lipinski definition) is 10. The van der Waals surface area contributed by atoms with Gasteiger partial charge in [0.25, 0.3) is 0 Å². The Morgan fingerprint density at radius 2 is 0.577 bits per heavy atom. The first-order chi connectivity index (χ1) is 38.1. The molecule has 0 heterocycles. The average Bonchev–Trinajstić information content (AvgIpc) is 3.45. The van der Waals surface area contributed by atoms with E-state index in [1.165, 1.54) is 232 Å². The predicted octanol–water partition coefficient (Wildman–Crippen LogP) is 18.6. The normalized spacial score (nSPS) is 11.0. The third kappa shape index (κ3) is 24.4. The Labute approximate surface area is 462 Å². The van der Waals surface area contributed by atoms with Crippen LogP contribution in [-0.2, 0) is 0 Å². The van der Waals surface area contributed by atoms with Gasteiger partial charge in [0.15, 0.2) is 23.1 Å². The van der Waals surface area contributed by atoms with E-state index in [2.05, 4.69) is 13.8 Å². The number of unbranched alkanes of at least 4 members (excludes halogenated alkanes) is 26. The van der Waals surface area contributed by atoms with Crippen LogP contribution in [0.15, 0.2) is 109 Å². The van der Waals surface area contributed by atoms with Gasteiger partial charge in [-0.25, -0.2) is 28.0 Å². The molecule has 0 amide bonds. The average molecular weight is 1080 g/mol. The summed E-state index contributed by atoms with van der Waals surface area (Å²) in [4.78, 5) is 51.8. The Morgan fingerprint density at radius 3 is 0.885 bits per heavy atom. The highest BCUT2D eigenvalue weighted by Gasteiger charge is 2.18. The number of rotatable bonds is 40. The quantitative estimate of drug-likeness (QED) is 0.0213. The van der Waals surface area contributed by atoms with Crippen LogP contribution in [0.25, 0.3) is 0 Å². The van der Waals surface area contributed by atoms with Crippen molar-refractivity contribution in [1.29, 1.82) is 0 Å². The van der Waals surface area contributed by atoms with Crippen LogP contribution >= 0.6 is 0 Å². The van der Waals surface area contributed by atoms with Crippen molar-refractivity contribution < 1.29 is 56.4 Å². The summed E-state index contributed by atoms with van der Waals surface area (Å²) >= 11 is 0. The van der Waals surface area contributed by atoms with Gasteiger partial charge in [-0.3, -0.25) is 0 Å². The van der Waals surface area contributed by atoms with Gasteiger partial charge < -0.3 is 28.4 Å². The molecule has 0 unspecified atom stereocenters. The molecule has 0 bridgehead atoms. The first-order valence-corrected chi connectivity index (χ1v) is 29.2. The second-order valence-electron chi connectivity index (χ2n) is 20.3. The zero-order valence-electron chi connectivity index (χ0n) is 46.4. The molecule has 0 aliphatic carbocycles. The highest BCUT2D eigenvalue weighted by Crippen LogP contribution is 2.26. The van der Waals surface area contributed by atoms with Gasteiger partial charge in [-0.2, -0.15) is 0 Å². The molecular weight excluding hydrogens is 991 g/mol. The third-order valence-corrected chi connectivity index (χ3v) is 13.7. The van der Waals surface area contributed by atoms with Gasteiger partial charge in [0.2, 0.25) is 0 Å². The maximum atomic E-state index is 14.9. The molecule has 0 atom stereocenters. The molecule has 0 saturated carbocycles. The molecule has 0 aromatic heterocycles. The minimum atomic E-state index is -0.779. The van der Waals surface area contributed by atoms with Crippen molar-refractivity contribution >= 4 is 23.9 Å². The Balaban J connectivity index is 0.947. The molecule has 0 saturated heterocycles. The largest absolute Gasteiger partial charge is 0.491 e. The van der Waals surface area contributed by atoms with Crippen molar-refractivity contribution in [2.75, 3.05) is 13.2 Å². The van der Waals surface area contributed by atoms with Crippen molar-refractivity contribution in [3.63, 3.8) is 0 Å². The Morgan fingerprint density at radius 1 is 0.308 bits per heavy atom. The number of carbonyl (C=O) groups excluding carboxylic acids is 4. The fraction of sp³-hybridized carbons (Fsp3) is 0.485. The van der Waals surface area contributed by atoms with Crippen LogP contribution < -0.4 is 28.4 Å². The van der Waals surface area contributed by atoms with Crippen LogP contribution in [0.2, 0.25) is 0 Å². The van der Waals surface area contributed by atoms with E-state index in [-0.39, 0.29) is 56.8 Å². The van der Waals surface area contributed by atoms with E-state index in [1.54, 1.807) is 6.07 Å². The number of ether oxygens (including phenoxy) is 6. The summed E-state index contributed by atoms with van der Waals surface area (Å²) in [6.07, 6.45) is 34.9. The van der Waals surface area contributed by atoms with Crippen molar-refractivity contribution in [3.8, 4) is 34.5 Å². The SMILES string of the molecule is CCCCCCCCCCCCCCCCOc1ccc(C(=O)Oc2ccc(C(=O)Oc3cccc(OC(=O)c4ccc(OC(=O)c5ccc(OCCCCCCCCCCCCCCCC)c(F)c5)cc4)c3)cc2)cc1F. The molecule has 5 rings (SSSR count). The minimum absolute atomic E-state index is 0.00503. The van der Waals surface area contributed by atoms with Crippen LogP contribution in [0.3, 0.4) is 0 Å². The predicted molar refractivity (Wildman–Crippen MR) is 304 cm³/mol. The molecule has 0 fully saturated rings. The van der Waals surface area contributed by atoms with Gasteiger partial charge in [-0.15, -0.1) is 0 Å². The Bertz CT molecular complexity index is 2350. The van der Waals surface area contributed by atoms with Crippen LogP contribution in [0.4, 0.5) is 8.78 Å². The molecule has 10 nitrogen and oxygen atoms in total. The summed E-state index contributed by atoms with van der Waals surface area (Å²) in [6.45, 7) is 5.28. The molecule has 78 heavy (non-hydrogen) atoms. The van der Waals surface area contributed by atoms with Gasteiger partial charge in [-0.1, -0.05) is 187 Å². The van der Waals surface area contributed by atoms with E-state index >= 15 is 0 Å². The van der Waals surface area contributed by atoms with Crippen molar-refractivity contribution in [2.45, 2.75) is 194 Å². The van der Waals surface area contributed by atoms with E-state index in [9.17, 15) is 28.0 Å². The van der Waals surface area contributed by atoms with E-state index in [1.807, 2.05) is 0 Å². The molecule has 0 aliphatic rings. The first kappa shape index (κ1) is 62.3. The fourth-order valence-corrected chi connectivity index (χ4v) is 9.03. The molecule has 5 aromatic rings. The maximum Gasteiger partial charge on any atom is 0.343 e. The lowest BCUT2D eigenvalue weighted by molar-refractivity contribution is 0.0722. The second kappa shape index (κ2) is 37.3. The molecule has 12 heteroatoms. The van der Waals surface area contributed by atoms with Crippen molar-refractivity contribution in [3.05, 3.63) is 143 Å². The second-order valence-corrected chi connectivity index (χ2v) is 20.3. The molecule has 5 aromatic carbocycles. The highest BCUT2D eigenvalue weighted by atomic mass is 19.1. The number of hydrogen-bond donors (Lipinski definition) is 0.